The van der Waals surface area contributed by atoms with Crippen LogP contribution in [-0.4, -0.2) is 41.4 Å². The van der Waals surface area contributed by atoms with Crippen LogP contribution in [-0.2, 0) is 17.9 Å². The van der Waals surface area contributed by atoms with E-state index in [-0.39, 0.29) is 12.6 Å². The number of aromatic nitrogens is 1. The largest absolute Gasteiger partial charge is 0.488 e. The smallest absolute Gasteiger partial charge is 0.337 e. The molecule has 41 heavy (non-hydrogen) atoms. The van der Waals surface area contributed by atoms with Crippen molar-refractivity contribution in [3.63, 3.8) is 0 Å². The van der Waals surface area contributed by atoms with Crippen LogP contribution in [0.5, 0.6) is 5.75 Å². The van der Waals surface area contributed by atoms with E-state index in [1.165, 1.54) is 37.3 Å². The Morgan fingerprint density at radius 1 is 1.00 bits per heavy atom. The minimum atomic E-state index is -0.425. The molecule has 3 aromatic carbocycles. The van der Waals surface area contributed by atoms with Gasteiger partial charge in [0.05, 0.1) is 30.5 Å². The standard InChI is InChI=1S/C35H40N2O4/c1-40-34(39)27-17-18-28-30(21-27)37(23-35(24-38)19-10-20-36-35)33(32(28)26-13-6-3-7-14-26)29-15-8-9-16-31(29)41-22-25-11-4-2-5-12-25/h2,4-5,8-9,11-12,15-18,21,26,36,38H,3,6-7,10,13-14,19-20,22-24H2,1H3/t35-/m1/s1. The van der Waals surface area contributed by atoms with Crippen LogP contribution in [0.15, 0.2) is 72.8 Å². The second-order valence-electron chi connectivity index (χ2n) is 11.6. The van der Waals surface area contributed by atoms with Crippen LogP contribution in [0.1, 0.15) is 72.3 Å². The van der Waals surface area contributed by atoms with Gasteiger partial charge < -0.3 is 24.5 Å². The second kappa shape index (κ2) is 12.1. The van der Waals surface area contributed by atoms with E-state index in [4.69, 9.17) is 9.47 Å². The molecule has 214 valence electrons. The summed E-state index contributed by atoms with van der Waals surface area (Å²) in [5, 5.41) is 15.4. The van der Waals surface area contributed by atoms with Crippen molar-refractivity contribution in [3.8, 4) is 17.0 Å². The van der Waals surface area contributed by atoms with Gasteiger partial charge in [-0.15, -0.1) is 0 Å². The molecule has 0 amide bonds. The summed E-state index contributed by atoms with van der Waals surface area (Å²) < 4.78 is 14.0. The highest BCUT2D eigenvalue weighted by Crippen LogP contribution is 2.47. The van der Waals surface area contributed by atoms with Crippen LogP contribution in [0.4, 0.5) is 0 Å². The maximum Gasteiger partial charge on any atom is 0.337 e. The Labute approximate surface area is 242 Å². The van der Waals surface area contributed by atoms with Crippen LogP contribution in [0.2, 0.25) is 0 Å². The predicted molar refractivity (Wildman–Crippen MR) is 162 cm³/mol. The molecule has 6 heteroatoms. The minimum absolute atomic E-state index is 0.0493. The van der Waals surface area contributed by atoms with Crippen molar-refractivity contribution in [3.05, 3.63) is 89.5 Å². The number of hydrogen-bond donors (Lipinski definition) is 2. The number of aliphatic hydroxyl groups is 1. The van der Waals surface area contributed by atoms with E-state index in [0.29, 0.717) is 24.6 Å². The second-order valence-corrected chi connectivity index (χ2v) is 11.6. The third-order valence-electron chi connectivity index (χ3n) is 9.01. The molecule has 0 unspecified atom stereocenters. The van der Waals surface area contributed by atoms with Crippen LogP contribution < -0.4 is 10.1 Å². The summed E-state index contributed by atoms with van der Waals surface area (Å²) in [7, 11) is 1.42. The number of nitrogens with zero attached hydrogens (tertiary/aromatic N) is 1. The number of carbonyl (C=O) groups is 1. The van der Waals surface area contributed by atoms with Crippen LogP contribution in [0, 0.1) is 0 Å². The van der Waals surface area contributed by atoms with Gasteiger partial charge in [0, 0.05) is 23.0 Å². The zero-order valence-corrected chi connectivity index (χ0v) is 23.9. The van der Waals surface area contributed by atoms with E-state index in [2.05, 4.69) is 46.3 Å². The first-order valence-corrected chi connectivity index (χ1v) is 15.0. The number of hydrogen-bond acceptors (Lipinski definition) is 5. The molecule has 0 bridgehead atoms. The lowest BCUT2D eigenvalue weighted by Gasteiger charge is -2.30. The van der Waals surface area contributed by atoms with E-state index in [1.54, 1.807) is 0 Å². The zero-order chi connectivity index (χ0) is 28.2. The number of carbonyl (C=O) groups excluding carboxylic acids is 1. The first-order chi connectivity index (χ1) is 20.1. The SMILES string of the molecule is COC(=O)c1ccc2c(C3CCCCC3)c(-c3ccccc3OCc3ccccc3)n(C[C@@]3(CO)CCCN3)c2c1. The Balaban J connectivity index is 1.57. The summed E-state index contributed by atoms with van der Waals surface area (Å²) in [5.41, 5.74) is 5.75. The minimum Gasteiger partial charge on any atom is -0.488 e. The summed E-state index contributed by atoms with van der Waals surface area (Å²) in [5.74, 6) is 0.904. The summed E-state index contributed by atoms with van der Waals surface area (Å²) in [6.45, 7) is 2.01. The summed E-state index contributed by atoms with van der Waals surface area (Å²) in [6, 6.07) is 24.5. The number of aliphatic hydroxyl groups excluding tert-OH is 1. The van der Waals surface area contributed by atoms with Gasteiger partial charge in [-0.2, -0.15) is 0 Å². The third kappa shape index (κ3) is 5.51. The van der Waals surface area contributed by atoms with Gasteiger partial charge in [0.2, 0.25) is 0 Å². The molecule has 4 aromatic rings. The Hall–Kier alpha value is -3.61. The Kier molecular flexibility index (Phi) is 8.13. The molecule has 1 aromatic heterocycles. The van der Waals surface area contributed by atoms with E-state index < -0.39 is 5.54 Å². The summed E-state index contributed by atoms with van der Waals surface area (Å²) >= 11 is 0. The maximum atomic E-state index is 12.7. The Bertz CT molecular complexity index is 1500. The van der Waals surface area contributed by atoms with Crippen LogP contribution in [0.25, 0.3) is 22.2 Å². The average Bonchev–Trinajstić information content (AvgIpc) is 3.63. The molecular formula is C35H40N2O4. The normalized spacial score (nSPS) is 19.5. The molecule has 1 saturated carbocycles. The summed E-state index contributed by atoms with van der Waals surface area (Å²) in [4.78, 5) is 12.7. The van der Waals surface area contributed by atoms with Gasteiger partial charge in [0.25, 0.3) is 0 Å². The third-order valence-corrected chi connectivity index (χ3v) is 9.01. The zero-order valence-electron chi connectivity index (χ0n) is 23.9. The highest BCUT2D eigenvalue weighted by atomic mass is 16.5. The van der Waals surface area contributed by atoms with Gasteiger partial charge in [0.1, 0.15) is 12.4 Å². The molecule has 1 aliphatic carbocycles. The molecular weight excluding hydrogens is 512 g/mol. The van der Waals surface area contributed by atoms with Crippen molar-refractivity contribution in [2.24, 2.45) is 0 Å². The Morgan fingerprint density at radius 3 is 2.51 bits per heavy atom. The highest BCUT2D eigenvalue weighted by Gasteiger charge is 2.36. The van der Waals surface area contributed by atoms with E-state index in [1.807, 2.05) is 36.4 Å². The maximum absolute atomic E-state index is 12.7. The number of rotatable bonds is 9. The van der Waals surface area contributed by atoms with Crippen molar-refractivity contribution in [1.29, 1.82) is 0 Å². The monoisotopic (exact) mass is 552 g/mol. The molecule has 2 N–H and O–H groups in total. The lowest BCUT2D eigenvalue weighted by atomic mass is 9.81. The van der Waals surface area contributed by atoms with Gasteiger partial charge in [-0.1, -0.05) is 67.8 Å². The van der Waals surface area contributed by atoms with Crippen molar-refractivity contribution in [2.45, 2.75) is 69.6 Å². The van der Waals surface area contributed by atoms with Gasteiger partial charge in [-0.3, -0.25) is 0 Å². The molecule has 6 rings (SSSR count). The molecule has 1 atom stereocenters. The summed E-state index contributed by atoms with van der Waals surface area (Å²) in [6.07, 6.45) is 7.89. The fraction of sp³-hybridized carbons (Fsp3) is 0.400. The molecule has 6 nitrogen and oxygen atoms in total. The molecule has 2 aliphatic rings. The van der Waals surface area contributed by atoms with E-state index >= 15 is 0 Å². The van der Waals surface area contributed by atoms with Crippen molar-refractivity contribution >= 4 is 16.9 Å². The number of esters is 1. The first-order valence-electron chi connectivity index (χ1n) is 15.0. The molecule has 2 fully saturated rings. The number of nitrogens with one attached hydrogen (secondary N) is 1. The number of benzene rings is 3. The van der Waals surface area contributed by atoms with Gasteiger partial charge >= 0.3 is 5.97 Å². The van der Waals surface area contributed by atoms with Crippen LogP contribution in [0.3, 0.4) is 0 Å². The molecule has 2 heterocycles. The molecule has 0 radical (unpaired) electrons. The van der Waals surface area contributed by atoms with E-state index in [9.17, 15) is 9.90 Å². The van der Waals surface area contributed by atoms with Crippen molar-refractivity contribution in [1.82, 2.24) is 9.88 Å². The first kappa shape index (κ1) is 27.6. The molecule has 1 saturated heterocycles. The predicted octanol–water partition coefficient (Wildman–Crippen LogP) is 6.84. The quantitative estimate of drug-likeness (QED) is 0.223. The number of methoxy groups -OCH3 is 1. The lowest BCUT2D eigenvalue weighted by molar-refractivity contribution is 0.0601. The van der Waals surface area contributed by atoms with Gasteiger partial charge in [-0.25, -0.2) is 4.79 Å². The Morgan fingerprint density at radius 2 is 1.78 bits per heavy atom. The van der Waals surface area contributed by atoms with Crippen molar-refractivity contribution in [2.75, 3.05) is 20.3 Å². The van der Waals surface area contributed by atoms with Crippen LogP contribution >= 0.6 is 0 Å². The van der Waals surface area contributed by atoms with Gasteiger partial charge in [-0.05, 0) is 73.5 Å². The van der Waals surface area contributed by atoms with Crippen molar-refractivity contribution < 1.29 is 19.4 Å². The molecule has 1 aliphatic heterocycles. The number of fused-ring (bicyclic) bond motifs is 1. The lowest BCUT2D eigenvalue weighted by Crippen LogP contribution is -2.47. The van der Waals surface area contributed by atoms with Gasteiger partial charge in [0.15, 0.2) is 0 Å². The fourth-order valence-corrected chi connectivity index (χ4v) is 6.89. The average molecular weight is 553 g/mol. The molecule has 0 spiro atoms. The van der Waals surface area contributed by atoms with E-state index in [0.717, 1.165) is 60.3 Å². The number of ether oxygens (including phenoxy) is 2. The fourth-order valence-electron chi connectivity index (χ4n) is 6.89. The number of para-hydroxylation sites is 1. The highest BCUT2D eigenvalue weighted by molar-refractivity contribution is 5.99. The topological polar surface area (TPSA) is 72.7 Å².